The van der Waals surface area contributed by atoms with E-state index in [1.807, 2.05) is 0 Å². The second kappa shape index (κ2) is 6.77. The summed E-state index contributed by atoms with van der Waals surface area (Å²) in [5.41, 5.74) is -0.257. The molecule has 1 amide bonds. The number of aromatic carboxylic acids is 1. The number of likely N-dealkylation sites (N-methyl/N-ethyl adjacent to an activating group) is 1. The van der Waals surface area contributed by atoms with Crippen LogP contribution in [0.15, 0.2) is 23.1 Å². The Morgan fingerprint density at radius 1 is 1.43 bits per heavy atom. The molecule has 1 aromatic carbocycles. The van der Waals surface area contributed by atoms with E-state index in [1.54, 1.807) is 6.92 Å². The Hall–Kier alpha value is -1.80. The van der Waals surface area contributed by atoms with Crippen molar-refractivity contribution < 1.29 is 27.9 Å². The monoisotopic (exact) mass is 335 g/mol. The fraction of sp³-hybridized carbons (Fsp3) is 0.333. The highest BCUT2D eigenvalue weighted by atomic mass is 35.7. The van der Waals surface area contributed by atoms with E-state index in [0.717, 1.165) is 18.2 Å². The molecule has 0 fully saturated rings. The van der Waals surface area contributed by atoms with Gasteiger partial charge < -0.3 is 15.2 Å². The lowest BCUT2D eigenvalue weighted by Gasteiger charge is -2.16. The Kier molecular flexibility index (Phi) is 5.56. The van der Waals surface area contributed by atoms with Crippen molar-refractivity contribution in [2.24, 2.45) is 0 Å². The maximum atomic E-state index is 11.6. The number of carbonyl (C=O) groups is 2. The quantitative estimate of drug-likeness (QED) is 0.756. The number of hydrogen-bond donors (Lipinski definition) is 2. The van der Waals surface area contributed by atoms with Gasteiger partial charge in [0.25, 0.3) is 15.0 Å². The number of carbonyl (C=O) groups excluding carboxylic acids is 1. The molecule has 0 heterocycles. The fourth-order valence-corrected chi connectivity index (χ4v) is 2.48. The number of benzene rings is 1. The van der Waals surface area contributed by atoms with Gasteiger partial charge in [-0.1, -0.05) is 0 Å². The van der Waals surface area contributed by atoms with E-state index in [2.05, 4.69) is 5.32 Å². The molecule has 0 aliphatic carbocycles. The lowest BCUT2D eigenvalue weighted by Crippen LogP contribution is -2.36. The van der Waals surface area contributed by atoms with E-state index >= 15 is 0 Å². The summed E-state index contributed by atoms with van der Waals surface area (Å²) in [5, 5.41) is 11.4. The highest BCUT2D eigenvalue weighted by Crippen LogP contribution is 2.29. The highest BCUT2D eigenvalue weighted by Gasteiger charge is 2.23. The van der Waals surface area contributed by atoms with Gasteiger partial charge in [0.2, 0.25) is 0 Å². The standard InChI is InChI=1S/C12H14ClNO6S/c1-3-14-11(15)7(2)20-9-5-4-8(12(16)17)6-10(9)21(13,18)19/h4-7H,3H2,1-2H3,(H,14,15)(H,16,17). The molecule has 0 aromatic heterocycles. The van der Waals surface area contributed by atoms with E-state index in [4.69, 9.17) is 20.5 Å². The lowest BCUT2D eigenvalue weighted by molar-refractivity contribution is -0.127. The smallest absolute Gasteiger partial charge is 0.335 e. The molecule has 0 spiro atoms. The molecular formula is C12H14ClNO6S. The summed E-state index contributed by atoms with van der Waals surface area (Å²) >= 11 is 0. The number of hydrogen-bond acceptors (Lipinski definition) is 5. The maximum Gasteiger partial charge on any atom is 0.335 e. The summed E-state index contributed by atoms with van der Waals surface area (Å²) in [6, 6.07) is 3.19. The van der Waals surface area contributed by atoms with Gasteiger partial charge in [0.15, 0.2) is 6.10 Å². The van der Waals surface area contributed by atoms with Gasteiger partial charge in [-0.15, -0.1) is 0 Å². The number of halogens is 1. The minimum Gasteiger partial charge on any atom is -0.479 e. The van der Waals surface area contributed by atoms with Gasteiger partial charge in [-0.2, -0.15) is 0 Å². The number of amides is 1. The van der Waals surface area contributed by atoms with E-state index in [9.17, 15) is 18.0 Å². The van der Waals surface area contributed by atoms with Crippen molar-refractivity contribution in [3.63, 3.8) is 0 Å². The third kappa shape index (κ3) is 4.61. The van der Waals surface area contributed by atoms with Gasteiger partial charge in [0.1, 0.15) is 10.6 Å². The molecule has 116 valence electrons. The Morgan fingerprint density at radius 2 is 2.05 bits per heavy atom. The molecule has 21 heavy (non-hydrogen) atoms. The molecular weight excluding hydrogens is 322 g/mol. The molecule has 7 nitrogen and oxygen atoms in total. The average molecular weight is 336 g/mol. The molecule has 0 radical (unpaired) electrons. The van der Waals surface area contributed by atoms with Crippen LogP contribution in [-0.2, 0) is 13.8 Å². The number of carboxylic acid groups (broad SMARTS) is 1. The molecule has 0 aliphatic heterocycles. The van der Waals surface area contributed by atoms with E-state index in [-0.39, 0.29) is 11.3 Å². The van der Waals surface area contributed by atoms with Crippen molar-refractivity contribution in [3.8, 4) is 5.75 Å². The van der Waals surface area contributed by atoms with Crippen molar-refractivity contribution >= 4 is 31.6 Å². The Bertz CT molecular complexity index is 658. The first-order chi connectivity index (χ1) is 9.66. The van der Waals surface area contributed by atoms with Gasteiger partial charge in [0.05, 0.1) is 5.56 Å². The molecule has 0 bridgehead atoms. The lowest BCUT2D eigenvalue weighted by atomic mass is 10.2. The summed E-state index contributed by atoms with van der Waals surface area (Å²) in [4.78, 5) is 21.9. The number of nitrogens with one attached hydrogen (secondary N) is 1. The molecule has 1 aromatic rings. The van der Waals surface area contributed by atoms with Gasteiger partial charge in [-0.3, -0.25) is 4.79 Å². The van der Waals surface area contributed by atoms with E-state index in [0.29, 0.717) is 6.54 Å². The zero-order valence-corrected chi connectivity index (χ0v) is 12.9. The minimum atomic E-state index is -4.22. The second-order valence-electron chi connectivity index (χ2n) is 4.06. The van der Waals surface area contributed by atoms with E-state index < -0.39 is 31.9 Å². The molecule has 2 N–H and O–H groups in total. The van der Waals surface area contributed by atoms with Crippen molar-refractivity contribution in [1.29, 1.82) is 0 Å². The molecule has 9 heteroatoms. The largest absolute Gasteiger partial charge is 0.479 e. The number of carboxylic acids is 1. The minimum absolute atomic E-state index is 0.186. The zero-order chi connectivity index (χ0) is 16.2. The second-order valence-corrected chi connectivity index (χ2v) is 6.59. The van der Waals surface area contributed by atoms with Crippen LogP contribution >= 0.6 is 10.7 Å². The first-order valence-corrected chi connectivity index (χ1v) is 8.24. The van der Waals surface area contributed by atoms with Crippen LogP contribution in [0.5, 0.6) is 5.75 Å². The summed E-state index contributed by atoms with van der Waals surface area (Å²) in [6.07, 6.45) is -0.960. The first kappa shape index (κ1) is 17.3. The van der Waals surface area contributed by atoms with Crippen LogP contribution in [0.1, 0.15) is 24.2 Å². The first-order valence-electron chi connectivity index (χ1n) is 5.93. The van der Waals surface area contributed by atoms with Crippen LogP contribution in [0.25, 0.3) is 0 Å². The predicted molar refractivity (Wildman–Crippen MR) is 75.2 cm³/mol. The Morgan fingerprint density at radius 3 is 2.52 bits per heavy atom. The normalized spacial score (nSPS) is 12.5. The zero-order valence-electron chi connectivity index (χ0n) is 11.3. The Balaban J connectivity index is 3.18. The van der Waals surface area contributed by atoms with Gasteiger partial charge in [0, 0.05) is 17.2 Å². The molecule has 0 aliphatic rings. The summed E-state index contributed by atoms with van der Waals surface area (Å²) in [7, 11) is 1.04. The number of ether oxygens (including phenoxy) is 1. The molecule has 1 unspecified atom stereocenters. The fourth-order valence-electron chi connectivity index (χ4n) is 1.49. The molecule has 0 saturated carbocycles. The van der Waals surface area contributed by atoms with Crippen molar-refractivity contribution in [2.45, 2.75) is 24.8 Å². The van der Waals surface area contributed by atoms with Crippen molar-refractivity contribution in [3.05, 3.63) is 23.8 Å². The summed E-state index contributed by atoms with van der Waals surface area (Å²) in [5.74, 6) is -1.92. The molecule has 0 saturated heterocycles. The number of rotatable bonds is 6. The molecule has 1 rings (SSSR count). The maximum absolute atomic E-state index is 11.6. The van der Waals surface area contributed by atoms with Gasteiger partial charge in [-0.05, 0) is 32.0 Å². The topological polar surface area (TPSA) is 110 Å². The van der Waals surface area contributed by atoms with Crippen LogP contribution < -0.4 is 10.1 Å². The van der Waals surface area contributed by atoms with Crippen molar-refractivity contribution in [1.82, 2.24) is 5.32 Å². The van der Waals surface area contributed by atoms with Crippen molar-refractivity contribution in [2.75, 3.05) is 6.54 Å². The third-order valence-corrected chi connectivity index (χ3v) is 3.82. The Labute approximate surface area is 126 Å². The van der Waals surface area contributed by atoms with Crippen LogP contribution in [0, 0.1) is 0 Å². The van der Waals surface area contributed by atoms with Crippen LogP contribution in [0.4, 0.5) is 0 Å². The average Bonchev–Trinajstić information content (AvgIpc) is 2.37. The van der Waals surface area contributed by atoms with Crippen LogP contribution in [-0.4, -0.2) is 38.0 Å². The summed E-state index contributed by atoms with van der Waals surface area (Å²) in [6.45, 7) is 3.55. The SMILES string of the molecule is CCNC(=O)C(C)Oc1ccc(C(=O)O)cc1S(=O)(=O)Cl. The van der Waals surface area contributed by atoms with Gasteiger partial charge >= 0.3 is 5.97 Å². The van der Waals surface area contributed by atoms with E-state index in [1.165, 1.54) is 6.92 Å². The van der Waals surface area contributed by atoms with Gasteiger partial charge in [-0.25, -0.2) is 13.2 Å². The van der Waals surface area contributed by atoms with Crippen LogP contribution in [0.3, 0.4) is 0 Å². The summed E-state index contributed by atoms with van der Waals surface area (Å²) < 4.78 is 28.2. The predicted octanol–water partition coefficient (Wildman–Crippen LogP) is 1.22. The molecule has 1 atom stereocenters. The third-order valence-electron chi connectivity index (χ3n) is 2.48. The highest BCUT2D eigenvalue weighted by molar-refractivity contribution is 8.13. The van der Waals surface area contributed by atoms with Crippen LogP contribution in [0.2, 0.25) is 0 Å².